The largest absolute Gasteiger partial charge is 0.379 e. The second-order valence-electron chi connectivity index (χ2n) is 6.94. The number of hydrogen-bond acceptors (Lipinski definition) is 5. The van der Waals surface area contributed by atoms with Gasteiger partial charge in [0.1, 0.15) is 0 Å². The van der Waals surface area contributed by atoms with Crippen LogP contribution in [-0.2, 0) is 9.53 Å². The molecule has 6 nitrogen and oxygen atoms in total. The molecule has 1 N–H and O–H groups in total. The number of fused-ring (bicyclic) bond motifs is 1. The molecule has 2 aromatic carbocycles. The number of hydrogen-bond donors (Lipinski definition) is 1. The highest BCUT2D eigenvalue weighted by Gasteiger charge is 2.15. The van der Waals surface area contributed by atoms with Gasteiger partial charge in [-0.05, 0) is 50.6 Å². The summed E-state index contributed by atoms with van der Waals surface area (Å²) < 4.78 is 7.85. The van der Waals surface area contributed by atoms with Gasteiger partial charge < -0.3 is 10.1 Å². The zero-order chi connectivity index (χ0) is 21.5. The van der Waals surface area contributed by atoms with Crippen molar-refractivity contribution in [2.45, 2.75) is 31.5 Å². The quantitative estimate of drug-likeness (QED) is 0.277. The van der Waals surface area contributed by atoms with Gasteiger partial charge in [-0.3, -0.25) is 14.2 Å². The van der Waals surface area contributed by atoms with Gasteiger partial charge in [-0.1, -0.05) is 45.9 Å². The zero-order valence-corrected chi connectivity index (χ0v) is 19.3. The molecule has 0 aliphatic rings. The van der Waals surface area contributed by atoms with Crippen molar-refractivity contribution in [2.75, 3.05) is 18.9 Å². The van der Waals surface area contributed by atoms with E-state index in [2.05, 4.69) is 26.2 Å². The van der Waals surface area contributed by atoms with Gasteiger partial charge in [-0.25, -0.2) is 4.98 Å². The third kappa shape index (κ3) is 5.93. The lowest BCUT2D eigenvalue weighted by atomic mass is 10.2. The Hall–Kier alpha value is -2.16. The highest BCUT2D eigenvalue weighted by Crippen LogP contribution is 2.23. The number of amides is 1. The Balaban J connectivity index is 1.78. The molecule has 0 bridgehead atoms. The third-order valence-corrected chi connectivity index (χ3v) is 5.67. The SMILES string of the molecule is CC(C)OCCCNC(=O)CSc1nc2ccc(Br)cc2c(=O)n1-c1ccccc1. The van der Waals surface area contributed by atoms with E-state index in [-0.39, 0.29) is 23.3 Å². The van der Waals surface area contributed by atoms with Gasteiger partial charge in [-0.15, -0.1) is 0 Å². The molecular weight excluding hydrogens is 466 g/mol. The van der Waals surface area contributed by atoms with Crippen molar-refractivity contribution in [1.82, 2.24) is 14.9 Å². The van der Waals surface area contributed by atoms with Crippen LogP contribution in [0.5, 0.6) is 0 Å². The lowest BCUT2D eigenvalue weighted by Crippen LogP contribution is -2.28. The van der Waals surface area contributed by atoms with E-state index in [1.165, 1.54) is 11.8 Å². The van der Waals surface area contributed by atoms with Crippen LogP contribution < -0.4 is 10.9 Å². The fraction of sp³-hybridized carbons (Fsp3) is 0.318. The summed E-state index contributed by atoms with van der Waals surface area (Å²) in [6.45, 7) is 5.13. The molecule has 8 heteroatoms. The van der Waals surface area contributed by atoms with Crippen LogP contribution in [0.2, 0.25) is 0 Å². The number of rotatable bonds is 9. The predicted molar refractivity (Wildman–Crippen MR) is 124 cm³/mol. The van der Waals surface area contributed by atoms with Gasteiger partial charge in [0.2, 0.25) is 5.91 Å². The molecule has 0 unspecified atom stereocenters. The monoisotopic (exact) mass is 489 g/mol. The number of ether oxygens (including phenoxy) is 1. The standard InChI is InChI=1S/C22H24BrN3O3S/c1-15(2)29-12-6-11-24-20(27)14-30-22-25-19-10-9-16(23)13-18(19)21(28)26(22)17-7-4-3-5-8-17/h3-5,7-10,13,15H,6,11-12,14H2,1-2H3,(H,24,27). The van der Waals surface area contributed by atoms with Crippen molar-refractivity contribution in [3.63, 3.8) is 0 Å². The first-order chi connectivity index (χ1) is 14.5. The van der Waals surface area contributed by atoms with Gasteiger partial charge in [0.25, 0.3) is 5.56 Å². The van der Waals surface area contributed by atoms with Crippen LogP contribution >= 0.6 is 27.7 Å². The predicted octanol–water partition coefficient (Wildman–Crippen LogP) is 4.17. The van der Waals surface area contributed by atoms with E-state index < -0.39 is 0 Å². The molecule has 158 valence electrons. The smallest absolute Gasteiger partial charge is 0.266 e. The van der Waals surface area contributed by atoms with Crippen molar-refractivity contribution in [3.8, 4) is 5.69 Å². The molecule has 0 spiro atoms. The maximum Gasteiger partial charge on any atom is 0.266 e. The number of para-hydroxylation sites is 1. The molecule has 0 fully saturated rings. The topological polar surface area (TPSA) is 73.2 Å². The number of nitrogens with one attached hydrogen (secondary N) is 1. The summed E-state index contributed by atoms with van der Waals surface area (Å²) in [7, 11) is 0. The first-order valence-corrected chi connectivity index (χ1v) is 11.5. The Kier molecular flexibility index (Phi) is 8.07. The summed E-state index contributed by atoms with van der Waals surface area (Å²) >= 11 is 4.66. The molecule has 1 aromatic heterocycles. The molecule has 3 aromatic rings. The van der Waals surface area contributed by atoms with Crippen LogP contribution in [0.15, 0.2) is 63.0 Å². The molecular formula is C22H24BrN3O3S. The molecule has 0 saturated heterocycles. The zero-order valence-electron chi connectivity index (χ0n) is 16.9. The van der Waals surface area contributed by atoms with Crippen molar-refractivity contribution < 1.29 is 9.53 Å². The average molecular weight is 490 g/mol. The van der Waals surface area contributed by atoms with Crippen LogP contribution in [0.3, 0.4) is 0 Å². The molecule has 1 amide bonds. The lowest BCUT2D eigenvalue weighted by Gasteiger charge is -2.13. The summed E-state index contributed by atoms with van der Waals surface area (Å²) in [6.07, 6.45) is 0.942. The van der Waals surface area contributed by atoms with Gasteiger partial charge in [0.15, 0.2) is 5.16 Å². The lowest BCUT2D eigenvalue weighted by molar-refractivity contribution is -0.118. The summed E-state index contributed by atoms with van der Waals surface area (Å²) in [4.78, 5) is 30.1. The molecule has 0 aliphatic heterocycles. The molecule has 1 heterocycles. The number of nitrogens with zero attached hydrogens (tertiary/aromatic N) is 2. The number of carbonyl (C=O) groups is 1. The Morgan fingerprint density at radius 2 is 2.00 bits per heavy atom. The minimum atomic E-state index is -0.166. The van der Waals surface area contributed by atoms with E-state index in [9.17, 15) is 9.59 Å². The molecule has 30 heavy (non-hydrogen) atoms. The highest BCUT2D eigenvalue weighted by atomic mass is 79.9. The minimum Gasteiger partial charge on any atom is -0.379 e. The number of thioether (sulfide) groups is 1. The van der Waals surface area contributed by atoms with Crippen molar-refractivity contribution in [1.29, 1.82) is 0 Å². The van der Waals surface area contributed by atoms with Crippen molar-refractivity contribution in [3.05, 3.63) is 63.4 Å². The van der Waals surface area contributed by atoms with Crippen LogP contribution in [0, 0.1) is 0 Å². The van der Waals surface area contributed by atoms with Gasteiger partial charge in [0, 0.05) is 17.6 Å². The van der Waals surface area contributed by atoms with E-state index in [0.29, 0.717) is 34.9 Å². The van der Waals surface area contributed by atoms with Crippen LogP contribution in [0.1, 0.15) is 20.3 Å². The summed E-state index contributed by atoms with van der Waals surface area (Å²) in [5, 5.41) is 3.89. The van der Waals surface area contributed by atoms with Crippen molar-refractivity contribution in [2.24, 2.45) is 0 Å². The fourth-order valence-corrected chi connectivity index (χ4v) is 4.04. The average Bonchev–Trinajstić information content (AvgIpc) is 2.73. The normalized spacial score (nSPS) is 11.2. The molecule has 0 aliphatic carbocycles. The third-order valence-electron chi connectivity index (χ3n) is 4.24. The van der Waals surface area contributed by atoms with Crippen LogP contribution in [0.25, 0.3) is 16.6 Å². The van der Waals surface area contributed by atoms with E-state index in [0.717, 1.165) is 10.9 Å². The van der Waals surface area contributed by atoms with Crippen molar-refractivity contribution >= 4 is 44.5 Å². The van der Waals surface area contributed by atoms with Crippen LogP contribution in [-0.4, -0.2) is 40.5 Å². The number of carbonyl (C=O) groups excluding carboxylic acids is 1. The van der Waals surface area contributed by atoms with E-state index in [1.54, 1.807) is 16.7 Å². The second-order valence-corrected chi connectivity index (χ2v) is 8.80. The van der Waals surface area contributed by atoms with Gasteiger partial charge in [-0.2, -0.15) is 0 Å². The summed E-state index contributed by atoms with van der Waals surface area (Å²) in [5.41, 5.74) is 1.15. The Bertz CT molecular complexity index is 1070. The number of halogens is 1. The van der Waals surface area contributed by atoms with Crippen LogP contribution in [0.4, 0.5) is 0 Å². The van der Waals surface area contributed by atoms with E-state index in [1.807, 2.05) is 50.2 Å². The molecule has 0 atom stereocenters. The number of benzene rings is 2. The maximum atomic E-state index is 13.2. The van der Waals surface area contributed by atoms with Gasteiger partial charge >= 0.3 is 0 Å². The molecule has 3 rings (SSSR count). The van der Waals surface area contributed by atoms with E-state index in [4.69, 9.17) is 4.74 Å². The Labute approximate surface area is 188 Å². The molecule has 0 saturated carbocycles. The van der Waals surface area contributed by atoms with E-state index >= 15 is 0 Å². The number of aromatic nitrogens is 2. The minimum absolute atomic E-state index is 0.102. The molecule has 0 radical (unpaired) electrons. The first kappa shape index (κ1) is 22.5. The summed E-state index contributed by atoms with van der Waals surface area (Å²) in [6, 6.07) is 14.8. The fourth-order valence-electron chi connectivity index (χ4n) is 2.84. The van der Waals surface area contributed by atoms with Gasteiger partial charge in [0.05, 0.1) is 28.4 Å². The highest BCUT2D eigenvalue weighted by molar-refractivity contribution is 9.10. The maximum absolute atomic E-state index is 13.2. The Morgan fingerprint density at radius 1 is 1.23 bits per heavy atom. The Morgan fingerprint density at radius 3 is 2.73 bits per heavy atom. The first-order valence-electron chi connectivity index (χ1n) is 9.74. The summed E-state index contributed by atoms with van der Waals surface area (Å²) in [5.74, 6) is 0.0705. The second kappa shape index (κ2) is 10.7.